The van der Waals surface area contributed by atoms with E-state index in [0.29, 0.717) is 30.5 Å². The molecule has 0 aliphatic heterocycles. The summed E-state index contributed by atoms with van der Waals surface area (Å²) >= 11 is 0. The molecule has 0 unspecified atom stereocenters. The van der Waals surface area contributed by atoms with Crippen LogP contribution >= 0.6 is 0 Å². The quantitative estimate of drug-likeness (QED) is 0.515. The number of Topliss-reactive ketones (excluding diaryl/α,β-unsaturated/α-hetero) is 1. The molecule has 0 atom stereocenters. The Kier molecular flexibility index (Phi) is 4.94. The summed E-state index contributed by atoms with van der Waals surface area (Å²) < 4.78 is 14.9. The summed E-state index contributed by atoms with van der Waals surface area (Å²) in [7, 11) is 0. The lowest BCUT2D eigenvalue weighted by molar-refractivity contribution is -0.114. The normalized spacial score (nSPS) is 11.1. The molecule has 140 valence electrons. The Labute approximate surface area is 154 Å². The second kappa shape index (κ2) is 7.19. The minimum Gasteiger partial charge on any atom is -0.363 e. The first-order chi connectivity index (χ1) is 12.8. The summed E-state index contributed by atoms with van der Waals surface area (Å²) in [6.45, 7) is 3.68. The number of nitrogens with zero attached hydrogens (tertiary/aromatic N) is 1. The van der Waals surface area contributed by atoms with Crippen LogP contribution in [0.25, 0.3) is 5.52 Å². The molecule has 7 heteroatoms. The predicted molar refractivity (Wildman–Crippen MR) is 99.5 cm³/mol. The van der Waals surface area contributed by atoms with Crippen molar-refractivity contribution in [2.45, 2.75) is 33.1 Å². The second-order valence-corrected chi connectivity index (χ2v) is 6.53. The van der Waals surface area contributed by atoms with E-state index in [1.54, 1.807) is 29.7 Å². The zero-order valence-corrected chi connectivity index (χ0v) is 15.1. The van der Waals surface area contributed by atoms with E-state index in [1.165, 1.54) is 12.1 Å². The third-order valence-electron chi connectivity index (χ3n) is 4.50. The number of rotatable bonds is 6. The van der Waals surface area contributed by atoms with Gasteiger partial charge in [0, 0.05) is 24.0 Å². The number of H-pyrrole nitrogens is 1. The number of carbonyl (C=O) groups is 2. The Morgan fingerprint density at radius 2 is 1.89 bits per heavy atom. The number of hydrogen-bond donors (Lipinski definition) is 2. The van der Waals surface area contributed by atoms with Gasteiger partial charge in [0.15, 0.2) is 0 Å². The Balaban J connectivity index is 2.34. The molecule has 3 aromatic rings. The standard InChI is InChI=1S/C20H20FN3O3/c1-3-4-14-15(9-12-5-7-13(21)8-6-12)24-10-11(2)23-20(27)17(24)16(14)18(25)19(22)26/h5-8,10H,3-4,9H2,1-2H3,(H2,22,26)(H,23,27). The maximum absolute atomic E-state index is 13.2. The number of aromatic nitrogens is 2. The molecule has 0 radical (unpaired) electrons. The van der Waals surface area contributed by atoms with Crippen molar-refractivity contribution in [3.63, 3.8) is 0 Å². The number of aromatic amines is 1. The largest absolute Gasteiger partial charge is 0.363 e. The van der Waals surface area contributed by atoms with E-state index in [2.05, 4.69) is 4.98 Å². The number of hydrogen-bond acceptors (Lipinski definition) is 3. The SMILES string of the molecule is CCCc1c(C(=O)C(N)=O)c2c(=O)[nH]c(C)cn2c1Cc1ccc(F)cc1. The van der Waals surface area contributed by atoms with Crippen LogP contribution in [-0.2, 0) is 17.6 Å². The zero-order valence-electron chi connectivity index (χ0n) is 15.1. The molecule has 3 rings (SSSR count). The van der Waals surface area contributed by atoms with Crippen molar-refractivity contribution in [2.75, 3.05) is 0 Å². The molecule has 27 heavy (non-hydrogen) atoms. The summed E-state index contributed by atoms with van der Waals surface area (Å²) in [6, 6.07) is 6.02. The lowest BCUT2D eigenvalue weighted by Gasteiger charge is -2.08. The molecule has 0 aliphatic carbocycles. The van der Waals surface area contributed by atoms with Crippen molar-refractivity contribution >= 4 is 17.2 Å². The Morgan fingerprint density at radius 3 is 2.48 bits per heavy atom. The van der Waals surface area contributed by atoms with Crippen LogP contribution in [0.4, 0.5) is 4.39 Å². The molecule has 3 N–H and O–H groups in total. The van der Waals surface area contributed by atoms with Gasteiger partial charge in [-0.05, 0) is 36.6 Å². The highest BCUT2D eigenvalue weighted by Gasteiger charge is 2.27. The van der Waals surface area contributed by atoms with Gasteiger partial charge in [0.1, 0.15) is 11.3 Å². The molecule has 1 amide bonds. The summed E-state index contributed by atoms with van der Waals surface area (Å²) in [6.07, 6.45) is 3.31. The van der Waals surface area contributed by atoms with E-state index in [4.69, 9.17) is 5.73 Å². The van der Waals surface area contributed by atoms with Crippen molar-refractivity contribution in [3.05, 3.63) is 74.7 Å². The highest BCUT2D eigenvalue weighted by Crippen LogP contribution is 2.26. The van der Waals surface area contributed by atoms with Gasteiger partial charge in [0.25, 0.3) is 17.2 Å². The fourth-order valence-corrected chi connectivity index (χ4v) is 3.39. The molecule has 0 saturated carbocycles. The Bertz CT molecular complexity index is 1090. The Hall–Kier alpha value is -3.22. The number of ketones is 1. The van der Waals surface area contributed by atoms with Gasteiger partial charge >= 0.3 is 0 Å². The van der Waals surface area contributed by atoms with Crippen molar-refractivity contribution in [3.8, 4) is 0 Å². The van der Waals surface area contributed by atoms with Crippen LogP contribution in [-0.4, -0.2) is 21.1 Å². The smallest absolute Gasteiger partial charge is 0.289 e. The van der Waals surface area contributed by atoms with E-state index in [1.807, 2.05) is 6.92 Å². The van der Waals surface area contributed by atoms with Crippen LogP contribution in [0.15, 0.2) is 35.3 Å². The van der Waals surface area contributed by atoms with Gasteiger partial charge in [-0.2, -0.15) is 0 Å². The third-order valence-corrected chi connectivity index (χ3v) is 4.50. The highest BCUT2D eigenvalue weighted by molar-refractivity contribution is 6.44. The molecule has 0 bridgehead atoms. The lowest BCUT2D eigenvalue weighted by Crippen LogP contribution is -2.25. The van der Waals surface area contributed by atoms with Crippen molar-refractivity contribution < 1.29 is 14.0 Å². The number of primary amides is 1. The first-order valence-corrected chi connectivity index (χ1v) is 8.67. The predicted octanol–water partition coefficient (Wildman–Crippen LogP) is 2.29. The van der Waals surface area contributed by atoms with E-state index in [-0.39, 0.29) is 16.9 Å². The van der Waals surface area contributed by atoms with Crippen molar-refractivity contribution in [1.29, 1.82) is 0 Å². The van der Waals surface area contributed by atoms with Crippen LogP contribution in [0, 0.1) is 12.7 Å². The molecule has 6 nitrogen and oxygen atoms in total. The molecule has 0 aliphatic rings. The van der Waals surface area contributed by atoms with E-state index < -0.39 is 17.2 Å². The minimum absolute atomic E-state index is 0.0581. The zero-order chi connectivity index (χ0) is 19.7. The number of fused-ring (bicyclic) bond motifs is 1. The maximum Gasteiger partial charge on any atom is 0.289 e. The van der Waals surface area contributed by atoms with Crippen LogP contribution < -0.4 is 11.3 Å². The molecule has 0 spiro atoms. The topological polar surface area (TPSA) is 97.4 Å². The monoisotopic (exact) mass is 369 g/mol. The number of nitrogens with one attached hydrogen (secondary N) is 1. The summed E-state index contributed by atoms with van der Waals surface area (Å²) in [5, 5.41) is 0. The number of aryl methyl sites for hydroxylation is 1. The van der Waals surface area contributed by atoms with Gasteiger partial charge in [0.05, 0.1) is 5.56 Å². The third kappa shape index (κ3) is 3.40. The van der Waals surface area contributed by atoms with Crippen molar-refractivity contribution in [1.82, 2.24) is 9.38 Å². The van der Waals surface area contributed by atoms with Crippen molar-refractivity contribution in [2.24, 2.45) is 5.73 Å². The fourth-order valence-electron chi connectivity index (χ4n) is 3.39. The van der Waals surface area contributed by atoms with E-state index >= 15 is 0 Å². The summed E-state index contributed by atoms with van der Waals surface area (Å²) in [5.41, 5.74) is 7.73. The number of amides is 1. The first kappa shape index (κ1) is 18.6. The first-order valence-electron chi connectivity index (χ1n) is 8.67. The molecular formula is C20H20FN3O3. The summed E-state index contributed by atoms with van der Waals surface area (Å²) in [4.78, 5) is 39.4. The molecule has 0 fully saturated rings. The Morgan fingerprint density at radius 1 is 1.22 bits per heavy atom. The van der Waals surface area contributed by atoms with Crippen LogP contribution in [0.1, 0.15) is 46.2 Å². The van der Waals surface area contributed by atoms with E-state index in [9.17, 15) is 18.8 Å². The van der Waals surface area contributed by atoms with Gasteiger partial charge in [0.2, 0.25) is 0 Å². The number of halogens is 1. The maximum atomic E-state index is 13.2. The van der Waals surface area contributed by atoms with Gasteiger partial charge in [-0.3, -0.25) is 14.4 Å². The van der Waals surface area contributed by atoms with Gasteiger partial charge in [-0.25, -0.2) is 4.39 Å². The summed E-state index contributed by atoms with van der Waals surface area (Å²) in [5.74, 6) is -2.33. The molecule has 2 aromatic heterocycles. The molecular weight excluding hydrogens is 349 g/mol. The van der Waals surface area contributed by atoms with Gasteiger partial charge in [-0.1, -0.05) is 25.5 Å². The van der Waals surface area contributed by atoms with Crippen LogP contribution in [0.2, 0.25) is 0 Å². The van der Waals surface area contributed by atoms with Gasteiger partial charge in [-0.15, -0.1) is 0 Å². The van der Waals surface area contributed by atoms with Crippen LogP contribution in [0.3, 0.4) is 0 Å². The number of nitrogens with two attached hydrogens (primary N) is 1. The minimum atomic E-state index is -1.10. The van der Waals surface area contributed by atoms with Gasteiger partial charge < -0.3 is 15.1 Å². The fraction of sp³-hybridized carbons (Fsp3) is 0.250. The lowest BCUT2D eigenvalue weighted by atomic mass is 9.98. The van der Waals surface area contributed by atoms with E-state index in [0.717, 1.165) is 11.3 Å². The number of benzene rings is 1. The average Bonchev–Trinajstić information content (AvgIpc) is 2.90. The second-order valence-electron chi connectivity index (χ2n) is 6.53. The number of carbonyl (C=O) groups excluding carboxylic acids is 2. The van der Waals surface area contributed by atoms with Crippen LogP contribution in [0.5, 0.6) is 0 Å². The molecule has 1 aromatic carbocycles. The molecule has 0 saturated heterocycles. The molecule has 2 heterocycles. The average molecular weight is 369 g/mol. The highest BCUT2D eigenvalue weighted by atomic mass is 19.1.